The number of halogens is 2. The molecular formula is C17H20Cl2N4O2. The summed E-state index contributed by atoms with van der Waals surface area (Å²) in [5.41, 5.74) is 1.38. The van der Waals surface area contributed by atoms with E-state index in [-0.39, 0.29) is 5.91 Å². The van der Waals surface area contributed by atoms with Gasteiger partial charge in [0.1, 0.15) is 12.4 Å². The number of ether oxygens (including phenoxy) is 1. The molecule has 6 nitrogen and oxygen atoms in total. The van der Waals surface area contributed by atoms with Gasteiger partial charge in [0.15, 0.2) is 0 Å². The van der Waals surface area contributed by atoms with Gasteiger partial charge in [0, 0.05) is 61.6 Å². The van der Waals surface area contributed by atoms with E-state index in [2.05, 4.69) is 10.00 Å². The number of amides is 1. The van der Waals surface area contributed by atoms with Crippen molar-refractivity contribution < 1.29 is 9.53 Å². The lowest BCUT2D eigenvalue weighted by Crippen LogP contribution is -2.48. The minimum Gasteiger partial charge on any atom is -0.362 e. The number of carbonyl (C=O) groups excluding carboxylic acids is 1. The van der Waals surface area contributed by atoms with Gasteiger partial charge in [0.2, 0.25) is 0 Å². The van der Waals surface area contributed by atoms with Crippen molar-refractivity contribution in [3.8, 4) is 0 Å². The van der Waals surface area contributed by atoms with Crippen LogP contribution in [-0.2, 0) is 18.0 Å². The Morgan fingerprint density at radius 2 is 1.84 bits per heavy atom. The SMILES string of the molecule is COCn1ccc(C(=O)N2CCN(Cc3c(Cl)cccc3Cl)CC2)n1. The summed E-state index contributed by atoms with van der Waals surface area (Å²) < 4.78 is 6.60. The van der Waals surface area contributed by atoms with Gasteiger partial charge in [0.25, 0.3) is 5.91 Å². The number of aromatic nitrogens is 2. The van der Waals surface area contributed by atoms with Crippen molar-refractivity contribution in [2.45, 2.75) is 13.3 Å². The lowest BCUT2D eigenvalue weighted by atomic mass is 10.2. The van der Waals surface area contributed by atoms with Gasteiger partial charge < -0.3 is 9.64 Å². The van der Waals surface area contributed by atoms with Crippen molar-refractivity contribution in [1.82, 2.24) is 19.6 Å². The molecule has 1 aliphatic heterocycles. The predicted octanol–water partition coefficient (Wildman–Crippen LogP) is 2.75. The highest BCUT2D eigenvalue weighted by Gasteiger charge is 2.24. The summed E-state index contributed by atoms with van der Waals surface area (Å²) in [7, 11) is 1.59. The van der Waals surface area contributed by atoms with Crippen LogP contribution in [0.3, 0.4) is 0 Å². The van der Waals surface area contributed by atoms with Crippen LogP contribution in [0.2, 0.25) is 10.0 Å². The van der Waals surface area contributed by atoms with E-state index in [1.54, 1.807) is 24.1 Å². The predicted molar refractivity (Wildman–Crippen MR) is 96.9 cm³/mol. The van der Waals surface area contributed by atoms with Crippen LogP contribution in [0, 0.1) is 0 Å². The molecule has 0 spiro atoms. The first kappa shape index (κ1) is 18.2. The number of nitrogens with zero attached hydrogens (tertiary/aromatic N) is 4. The average Bonchev–Trinajstić information content (AvgIpc) is 3.07. The molecule has 0 atom stereocenters. The van der Waals surface area contributed by atoms with E-state index in [0.29, 0.717) is 42.1 Å². The van der Waals surface area contributed by atoms with Crippen molar-refractivity contribution in [2.75, 3.05) is 33.3 Å². The molecule has 0 aliphatic carbocycles. The highest BCUT2D eigenvalue weighted by Crippen LogP contribution is 2.26. The Labute approximate surface area is 156 Å². The first-order valence-electron chi connectivity index (χ1n) is 8.05. The molecule has 0 radical (unpaired) electrons. The van der Waals surface area contributed by atoms with Crippen LogP contribution in [0.4, 0.5) is 0 Å². The molecule has 0 bridgehead atoms. The van der Waals surface area contributed by atoms with Gasteiger partial charge in [-0.25, -0.2) is 4.68 Å². The van der Waals surface area contributed by atoms with E-state index < -0.39 is 0 Å². The highest BCUT2D eigenvalue weighted by atomic mass is 35.5. The van der Waals surface area contributed by atoms with Crippen molar-refractivity contribution in [3.05, 3.63) is 51.8 Å². The number of methoxy groups -OCH3 is 1. The topological polar surface area (TPSA) is 50.6 Å². The second kappa shape index (κ2) is 8.19. The summed E-state index contributed by atoms with van der Waals surface area (Å²) in [6, 6.07) is 7.25. The third-order valence-electron chi connectivity index (χ3n) is 4.22. The van der Waals surface area contributed by atoms with E-state index in [0.717, 1.165) is 18.7 Å². The molecule has 0 unspecified atom stereocenters. The minimum atomic E-state index is -0.0507. The third kappa shape index (κ3) is 4.33. The number of carbonyl (C=O) groups is 1. The molecule has 1 amide bonds. The first-order chi connectivity index (χ1) is 12.1. The third-order valence-corrected chi connectivity index (χ3v) is 4.93. The maximum Gasteiger partial charge on any atom is 0.274 e. The van der Waals surface area contributed by atoms with E-state index in [1.165, 1.54) is 0 Å². The van der Waals surface area contributed by atoms with Crippen molar-refractivity contribution in [3.63, 3.8) is 0 Å². The zero-order chi connectivity index (χ0) is 17.8. The number of rotatable bonds is 5. The van der Waals surface area contributed by atoms with Crippen LogP contribution in [0.5, 0.6) is 0 Å². The van der Waals surface area contributed by atoms with Gasteiger partial charge in [-0.3, -0.25) is 9.69 Å². The molecule has 1 aromatic heterocycles. The molecule has 0 N–H and O–H groups in total. The van der Waals surface area contributed by atoms with Crippen LogP contribution < -0.4 is 0 Å². The van der Waals surface area contributed by atoms with Gasteiger partial charge in [-0.05, 0) is 18.2 Å². The van der Waals surface area contributed by atoms with Gasteiger partial charge >= 0.3 is 0 Å². The van der Waals surface area contributed by atoms with Crippen molar-refractivity contribution >= 4 is 29.1 Å². The lowest BCUT2D eigenvalue weighted by Gasteiger charge is -2.34. The van der Waals surface area contributed by atoms with Gasteiger partial charge in [0.05, 0.1) is 0 Å². The number of hydrogen-bond donors (Lipinski definition) is 0. The summed E-state index contributed by atoms with van der Waals surface area (Å²) in [6.07, 6.45) is 1.74. The monoisotopic (exact) mass is 382 g/mol. The molecule has 1 saturated heterocycles. The summed E-state index contributed by atoms with van der Waals surface area (Å²) in [5.74, 6) is -0.0507. The molecule has 0 saturated carbocycles. The number of benzene rings is 1. The Morgan fingerprint density at radius 3 is 2.48 bits per heavy atom. The standard InChI is InChI=1S/C17H20Cl2N4O2/c1-25-12-23-6-5-16(20-23)17(24)22-9-7-21(8-10-22)11-13-14(18)3-2-4-15(13)19/h2-6H,7-12H2,1H3. The maximum absolute atomic E-state index is 12.5. The van der Waals surface area contributed by atoms with Crippen molar-refractivity contribution in [2.24, 2.45) is 0 Å². The molecule has 2 heterocycles. The Morgan fingerprint density at radius 1 is 1.16 bits per heavy atom. The van der Waals surface area contributed by atoms with E-state index in [1.807, 2.05) is 23.1 Å². The molecule has 1 fully saturated rings. The lowest BCUT2D eigenvalue weighted by molar-refractivity contribution is 0.0618. The summed E-state index contributed by atoms with van der Waals surface area (Å²) in [5, 5.41) is 5.59. The molecule has 3 rings (SSSR count). The highest BCUT2D eigenvalue weighted by molar-refractivity contribution is 6.35. The van der Waals surface area contributed by atoms with Crippen LogP contribution in [-0.4, -0.2) is 58.8 Å². The van der Waals surface area contributed by atoms with Gasteiger partial charge in [-0.15, -0.1) is 0 Å². The molecule has 25 heavy (non-hydrogen) atoms. The Hall–Kier alpha value is -1.60. The van der Waals surface area contributed by atoms with E-state index >= 15 is 0 Å². The van der Waals surface area contributed by atoms with Gasteiger partial charge in [-0.2, -0.15) is 5.10 Å². The molecule has 1 aromatic carbocycles. The average molecular weight is 383 g/mol. The van der Waals surface area contributed by atoms with E-state index in [9.17, 15) is 4.79 Å². The Bertz CT molecular complexity index is 722. The zero-order valence-electron chi connectivity index (χ0n) is 14.0. The Balaban J connectivity index is 1.57. The second-order valence-corrected chi connectivity index (χ2v) is 6.74. The molecule has 134 valence electrons. The Kier molecular flexibility index (Phi) is 5.96. The van der Waals surface area contributed by atoms with E-state index in [4.69, 9.17) is 27.9 Å². The first-order valence-corrected chi connectivity index (χ1v) is 8.81. The largest absolute Gasteiger partial charge is 0.362 e. The molecule has 8 heteroatoms. The fourth-order valence-corrected chi connectivity index (χ4v) is 3.37. The number of hydrogen-bond acceptors (Lipinski definition) is 4. The van der Waals surface area contributed by atoms with Gasteiger partial charge in [-0.1, -0.05) is 29.3 Å². The minimum absolute atomic E-state index is 0.0507. The maximum atomic E-state index is 12.5. The van der Waals surface area contributed by atoms with Crippen LogP contribution in [0.1, 0.15) is 16.1 Å². The quantitative estimate of drug-likeness (QED) is 0.797. The smallest absolute Gasteiger partial charge is 0.274 e. The molecular weight excluding hydrogens is 363 g/mol. The van der Waals surface area contributed by atoms with Crippen LogP contribution in [0.15, 0.2) is 30.5 Å². The molecule has 1 aliphatic rings. The summed E-state index contributed by atoms with van der Waals surface area (Å²) >= 11 is 12.5. The number of piperazine rings is 1. The fraction of sp³-hybridized carbons (Fsp3) is 0.412. The fourth-order valence-electron chi connectivity index (χ4n) is 2.86. The normalized spacial score (nSPS) is 15.6. The molecule has 2 aromatic rings. The van der Waals surface area contributed by atoms with Crippen LogP contribution >= 0.6 is 23.2 Å². The zero-order valence-corrected chi connectivity index (χ0v) is 15.5. The van der Waals surface area contributed by atoms with Crippen LogP contribution in [0.25, 0.3) is 0 Å². The summed E-state index contributed by atoms with van der Waals surface area (Å²) in [6.45, 7) is 3.86. The van der Waals surface area contributed by atoms with Crippen molar-refractivity contribution in [1.29, 1.82) is 0 Å². The second-order valence-electron chi connectivity index (χ2n) is 5.93. The summed E-state index contributed by atoms with van der Waals surface area (Å²) in [4.78, 5) is 16.6.